The lowest BCUT2D eigenvalue weighted by Crippen LogP contribution is -2.32. The van der Waals surface area contributed by atoms with Gasteiger partial charge in [0, 0.05) is 23.5 Å². The van der Waals surface area contributed by atoms with E-state index >= 15 is 0 Å². The number of hydrogen-bond acceptors (Lipinski definition) is 4. The number of ketones is 1. The lowest BCUT2D eigenvalue weighted by atomic mass is 10.1. The highest BCUT2D eigenvalue weighted by molar-refractivity contribution is 6.00. The summed E-state index contributed by atoms with van der Waals surface area (Å²) in [6, 6.07) is 7.22. The van der Waals surface area contributed by atoms with Gasteiger partial charge in [0.05, 0.1) is 5.56 Å². The third-order valence-electron chi connectivity index (χ3n) is 4.20. The number of aromatic nitrogens is 1. The molecule has 0 unspecified atom stereocenters. The molecule has 1 heterocycles. The number of nitrogens with one attached hydrogen (secondary N) is 1. The molecule has 2 aromatic rings. The fourth-order valence-corrected chi connectivity index (χ4v) is 2.82. The molecule has 1 aromatic carbocycles. The van der Waals surface area contributed by atoms with Gasteiger partial charge in [0.25, 0.3) is 5.91 Å². The Kier molecular flexibility index (Phi) is 6.87. The lowest BCUT2D eigenvalue weighted by molar-refractivity contribution is -0.141. The van der Waals surface area contributed by atoms with Crippen LogP contribution in [0.4, 0.5) is 4.39 Å². The van der Waals surface area contributed by atoms with E-state index in [0.717, 1.165) is 30.4 Å². The van der Waals surface area contributed by atoms with Crippen LogP contribution in [0, 0.1) is 19.7 Å². The van der Waals surface area contributed by atoms with Crippen molar-refractivity contribution in [1.29, 1.82) is 0 Å². The Labute approximate surface area is 157 Å². The van der Waals surface area contributed by atoms with E-state index < -0.39 is 30.8 Å². The van der Waals surface area contributed by atoms with Gasteiger partial charge < -0.3 is 14.6 Å². The van der Waals surface area contributed by atoms with Gasteiger partial charge in [-0.2, -0.15) is 0 Å². The topological polar surface area (TPSA) is 77.4 Å². The van der Waals surface area contributed by atoms with Gasteiger partial charge in [-0.3, -0.25) is 14.4 Å². The number of halogens is 1. The Morgan fingerprint density at radius 1 is 1.15 bits per heavy atom. The van der Waals surface area contributed by atoms with Crippen molar-refractivity contribution in [1.82, 2.24) is 9.88 Å². The van der Waals surface area contributed by atoms with Gasteiger partial charge in [-0.25, -0.2) is 4.39 Å². The molecule has 2 rings (SSSR count). The van der Waals surface area contributed by atoms with Crippen LogP contribution in [-0.4, -0.2) is 35.4 Å². The van der Waals surface area contributed by atoms with Crippen molar-refractivity contribution in [2.45, 2.75) is 33.7 Å². The second-order valence-corrected chi connectivity index (χ2v) is 6.18. The highest BCUT2D eigenvalue weighted by Crippen LogP contribution is 2.16. The third-order valence-corrected chi connectivity index (χ3v) is 4.20. The van der Waals surface area contributed by atoms with Crippen molar-refractivity contribution >= 4 is 17.7 Å². The Morgan fingerprint density at radius 2 is 1.85 bits per heavy atom. The molecule has 0 aliphatic carbocycles. The van der Waals surface area contributed by atoms with E-state index in [1.165, 1.54) is 18.2 Å². The predicted octanol–water partition coefficient (Wildman–Crippen LogP) is 2.81. The van der Waals surface area contributed by atoms with Crippen molar-refractivity contribution in [2.75, 3.05) is 13.2 Å². The van der Waals surface area contributed by atoms with E-state index in [9.17, 15) is 18.8 Å². The molecule has 144 valence electrons. The number of carbonyl (C=O) groups excluding carboxylic acids is 3. The van der Waals surface area contributed by atoms with Gasteiger partial charge >= 0.3 is 5.97 Å². The highest BCUT2D eigenvalue weighted by atomic mass is 19.1. The van der Waals surface area contributed by atoms with Crippen molar-refractivity contribution in [3.63, 3.8) is 0 Å². The number of amides is 1. The molecule has 0 saturated heterocycles. The average Bonchev–Trinajstić information content (AvgIpc) is 2.93. The zero-order valence-corrected chi connectivity index (χ0v) is 15.7. The van der Waals surface area contributed by atoms with Crippen LogP contribution in [0.15, 0.2) is 30.3 Å². The minimum atomic E-state index is -0.768. The second-order valence-electron chi connectivity index (χ2n) is 6.18. The van der Waals surface area contributed by atoms with E-state index in [0.29, 0.717) is 5.56 Å². The molecule has 1 aromatic heterocycles. The summed E-state index contributed by atoms with van der Waals surface area (Å²) in [5.41, 5.74) is 2.17. The Bertz CT molecular complexity index is 858. The summed E-state index contributed by atoms with van der Waals surface area (Å²) in [7, 11) is 0. The first-order valence-electron chi connectivity index (χ1n) is 8.73. The quantitative estimate of drug-likeness (QED) is 0.569. The van der Waals surface area contributed by atoms with Crippen LogP contribution in [0.3, 0.4) is 0 Å². The van der Waals surface area contributed by atoms with Gasteiger partial charge in [0.1, 0.15) is 12.4 Å². The normalized spacial score (nSPS) is 10.5. The summed E-state index contributed by atoms with van der Waals surface area (Å²) >= 11 is 0. The molecule has 1 amide bonds. The van der Waals surface area contributed by atoms with Crippen LogP contribution < -0.4 is 5.32 Å². The number of carbonyl (C=O) groups is 3. The Morgan fingerprint density at radius 3 is 2.52 bits per heavy atom. The minimum Gasteiger partial charge on any atom is -0.456 e. The maximum absolute atomic E-state index is 13.5. The zero-order valence-electron chi connectivity index (χ0n) is 15.7. The molecular weight excluding hydrogens is 351 g/mol. The number of aryl methyl sites for hydroxylation is 1. The maximum atomic E-state index is 13.5. The summed E-state index contributed by atoms with van der Waals surface area (Å²) in [6.45, 7) is 5.78. The molecule has 0 spiro atoms. The van der Waals surface area contributed by atoms with Crippen LogP contribution in [-0.2, 0) is 16.1 Å². The maximum Gasteiger partial charge on any atom is 0.325 e. The van der Waals surface area contributed by atoms with Crippen LogP contribution >= 0.6 is 0 Å². The predicted molar refractivity (Wildman–Crippen MR) is 98.2 cm³/mol. The van der Waals surface area contributed by atoms with E-state index in [2.05, 4.69) is 12.2 Å². The average molecular weight is 374 g/mol. The van der Waals surface area contributed by atoms with Crippen molar-refractivity contribution in [2.24, 2.45) is 0 Å². The second kappa shape index (κ2) is 9.12. The largest absolute Gasteiger partial charge is 0.456 e. The number of nitrogens with zero attached hydrogens (tertiary/aromatic N) is 1. The molecule has 7 heteroatoms. The van der Waals surface area contributed by atoms with Crippen molar-refractivity contribution in [3.8, 4) is 0 Å². The monoisotopic (exact) mass is 374 g/mol. The first-order chi connectivity index (χ1) is 12.8. The van der Waals surface area contributed by atoms with Crippen molar-refractivity contribution in [3.05, 3.63) is 58.7 Å². The summed E-state index contributed by atoms with van der Waals surface area (Å²) < 4.78 is 20.5. The summed E-state index contributed by atoms with van der Waals surface area (Å²) in [5, 5.41) is 2.28. The standard InChI is InChI=1S/C20H23FN2O4/c1-4-9-23-13(2)10-16(14(23)3)18(24)12-27-19(25)11-22-20(26)15-7-5-6-8-17(15)21/h5-8,10H,4,9,11-12H2,1-3H3,(H,22,26). The van der Waals surface area contributed by atoms with Crippen molar-refractivity contribution < 1.29 is 23.5 Å². The molecule has 0 saturated carbocycles. The lowest BCUT2D eigenvalue weighted by Gasteiger charge is -2.08. The Balaban J connectivity index is 1.87. The molecular formula is C20H23FN2O4. The van der Waals surface area contributed by atoms with Gasteiger partial charge in [-0.05, 0) is 38.5 Å². The van der Waals surface area contributed by atoms with Gasteiger partial charge in [-0.15, -0.1) is 0 Å². The van der Waals surface area contributed by atoms with Gasteiger partial charge in [-0.1, -0.05) is 19.1 Å². The number of ether oxygens (including phenoxy) is 1. The van der Waals surface area contributed by atoms with Crippen LogP contribution in [0.1, 0.15) is 45.4 Å². The van der Waals surface area contributed by atoms with E-state index in [4.69, 9.17) is 4.74 Å². The van der Waals surface area contributed by atoms with Crippen LogP contribution in [0.2, 0.25) is 0 Å². The first-order valence-corrected chi connectivity index (χ1v) is 8.73. The summed E-state index contributed by atoms with van der Waals surface area (Å²) in [6.07, 6.45) is 0.945. The molecule has 27 heavy (non-hydrogen) atoms. The van der Waals surface area contributed by atoms with Crippen LogP contribution in [0.5, 0.6) is 0 Å². The third kappa shape index (κ3) is 5.03. The molecule has 1 N–H and O–H groups in total. The molecule has 6 nitrogen and oxygen atoms in total. The summed E-state index contributed by atoms with van der Waals surface area (Å²) in [4.78, 5) is 35.9. The molecule has 0 atom stereocenters. The number of benzene rings is 1. The van der Waals surface area contributed by atoms with E-state index in [1.54, 1.807) is 6.07 Å². The molecule has 0 fully saturated rings. The SMILES string of the molecule is CCCn1c(C)cc(C(=O)COC(=O)CNC(=O)c2ccccc2F)c1C. The molecule has 0 radical (unpaired) electrons. The first kappa shape index (κ1) is 20.4. The van der Waals surface area contributed by atoms with Gasteiger partial charge in [0.15, 0.2) is 6.61 Å². The van der Waals surface area contributed by atoms with Crippen LogP contribution in [0.25, 0.3) is 0 Å². The zero-order chi connectivity index (χ0) is 20.0. The minimum absolute atomic E-state index is 0.162. The fourth-order valence-electron chi connectivity index (χ4n) is 2.82. The highest BCUT2D eigenvalue weighted by Gasteiger charge is 2.18. The number of hydrogen-bond donors (Lipinski definition) is 1. The number of rotatable bonds is 8. The number of Topliss-reactive ketones (excluding diaryl/α,β-unsaturated/α-hetero) is 1. The molecule has 0 bridgehead atoms. The summed E-state index contributed by atoms with van der Waals surface area (Å²) in [5.74, 6) is -2.48. The molecule has 0 aliphatic rings. The van der Waals surface area contributed by atoms with Gasteiger partial charge in [0.2, 0.25) is 5.78 Å². The fraction of sp³-hybridized carbons (Fsp3) is 0.350. The smallest absolute Gasteiger partial charge is 0.325 e. The number of esters is 1. The molecule has 0 aliphatic heterocycles. The van der Waals surface area contributed by atoms with E-state index in [1.807, 2.05) is 18.4 Å². The van der Waals surface area contributed by atoms with E-state index in [-0.39, 0.29) is 11.3 Å². The Hall–Kier alpha value is -2.96.